The molecule has 1 fully saturated rings. The van der Waals surface area contributed by atoms with Crippen molar-refractivity contribution in [3.63, 3.8) is 0 Å². The fraction of sp³-hybridized carbons (Fsp3) is 0.571. The van der Waals surface area contributed by atoms with Gasteiger partial charge in [0, 0.05) is 29.2 Å². The van der Waals surface area contributed by atoms with E-state index in [2.05, 4.69) is 12.2 Å². The normalized spacial score (nSPS) is 23.3. The van der Waals surface area contributed by atoms with Crippen LogP contribution >= 0.6 is 11.6 Å². The van der Waals surface area contributed by atoms with Gasteiger partial charge in [0.05, 0.1) is 4.92 Å². The molecule has 4 nitrogen and oxygen atoms in total. The predicted octanol–water partition coefficient (Wildman–Crippen LogP) is 3.92. The van der Waals surface area contributed by atoms with Gasteiger partial charge in [-0.05, 0) is 43.7 Å². The van der Waals surface area contributed by atoms with Crippen molar-refractivity contribution >= 4 is 17.3 Å². The summed E-state index contributed by atoms with van der Waals surface area (Å²) in [5, 5.41) is 14.9. The number of nitro groups is 1. The number of rotatable bonds is 4. The molecule has 0 bridgehead atoms. The molecule has 1 aromatic carbocycles. The lowest BCUT2D eigenvalue weighted by Crippen LogP contribution is -2.32. The minimum atomic E-state index is -0.351. The standard InChI is InChI=1S/C14H19ClN2O2/c1-10-2-5-13(6-3-10)16-9-11-8-12(15)4-7-14(11)17(18)19/h4,7-8,10,13,16H,2-3,5-6,9H2,1H3. The molecule has 0 radical (unpaired) electrons. The fourth-order valence-electron chi connectivity index (χ4n) is 2.59. The van der Waals surface area contributed by atoms with Gasteiger partial charge in [-0.2, -0.15) is 0 Å². The van der Waals surface area contributed by atoms with Gasteiger partial charge in [0.25, 0.3) is 5.69 Å². The third kappa shape index (κ3) is 3.91. The Morgan fingerprint density at radius 3 is 2.68 bits per heavy atom. The minimum absolute atomic E-state index is 0.140. The maximum Gasteiger partial charge on any atom is 0.273 e. The molecule has 19 heavy (non-hydrogen) atoms. The molecule has 5 heteroatoms. The fourth-order valence-corrected chi connectivity index (χ4v) is 2.79. The number of nitro benzene ring substituents is 1. The summed E-state index contributed by atoms with van der Waals surface area (Å²) in [6.07, 6.45) is 4.76. The van der Waals surface area contributed by atoms with Crippen molar-refractivity contribution < 1.29 is 4.92 Å². The summed E-state index contributed by atoms with van der Waals surface area (Å²) >= 11 is 5.91. The van der Waals surface area contributed by atoms with Crippen molar-refractivity contribution in [3.8, 4) is 0 Å². The second-order valence-corrected chi connectivity index (χ2v) is 5.80. The van der Waals surface area contributed by atoms with E-state index in [0.717, 1.165) is 18.8 Å². The van der Waals surface area contributed by atoms with Crippen LogP contribution in [0.4, 0.5) is 5.69 Å². The van der Waals surface area contributed by atoms with Crippen LogP contribution in [0.5, 0.6) is 0 Å². The summed E-state index contributed by atoms with van der Waals surface area (Å²) in [6.45, 7) is 2.79. The van der Waals surface area contributed by atoms with Gasteiger partial charge in [0.1, 0.15) is 0 Å². The molecule has 1 aliphatic rings. The first-order chi connectivity index (χ1) is 9.06. The van der Waals surface area contributed by atoms with Crippen LogP contribution in [0, 0.1) is 16.0 Å². The van der Waals surface area contributed by atoms with Crippen LogP contribution in [0.25, 0.3) is 0 Å². The first-order valence-corrected chi connectivity index (χ1v) is 7.10. The van der Waals surface area contributed by atoms with Crippen LogP contribution < -0.4 is 5.32 Å². The minimum Gasteiger partial charge on any atom is -0.310 e. The Morgan fingerprint density at radius 2 is 2.05 bits per heavy atom. The second kappa shape index (κ2) is 6.35. The van der Waals surface area contributed by atoms with Crippen molar-refractivity contribution in [3.05, 3.63) is 38.9 Å². The SMILES string of the molecule is CC1CCC(NCc2cc(Cl)ccc2[N+](=O)[O-])CC1. The topological polar surface area (TPSA) is 55.2 Å². The molecule has 1 aliphatic carbocycles. The van der Waals surface area contributed by atoms with Crippen molar-refractivity contribution in [1.82, 2.24) is 5.32 Å². The van der Waals surface area contributed by atoms with E-state index in [4.69, 9.17) is 11.6 Å². The van der Waals surface area contributed by atoms with Gasteiger partial charge in [0.15, 0.2) is 0 Å². The van der Waals surface area contributed by atoms with Crippen molar-refractivity contribution in [2.24, 2.45) is 5.92 Å². The van der Waals surface area contributed by atoms with Crippen LogP contribution in [-0.4, -0.2) is 11.0 Å². The predicted molar refractivity (Wildman–Crippen MR) is 76.4 cm³/mol. The van der Waals surface area contributed by atoms with Crippen LogP contribution in [0.2, 0.25) is 5.02 Å². The Hall–Kier alpha value is -1.13. The van der Waals surface area contributed by atoms with Gasteiger partial charge in [-0.1, -0.05) is 18.5 Å². The quantitative estimate of drug-likeness (QED) is 0.673. The molecule has 1 aromatic rings. The lowest BCUT2D eigenvalue weighted by Gasteiger charge is -2.27. The highest BCUT2D eigenvalue weighted by Gasteiger charge is 2.19. The molecule has 1 N–H and O–H groups in total. The van der Waals surface area contributed by atoms with Crippen molar-refractivity contribution in [2.45, 2.75) is 45.2 Å². The van der Waals surface area contributed by atoms with E-state index in [-0.39, 0.29) is 10.6 Å². The summed E-state index contributed by atoms with van der Waals surface area (Å²) < 4.78 is 0. The molecule has 0 amide bonds. The molecular weight excluding hydrogens is 264 g/mol. The lowest BCUT2D eigenvalue weighted by molar-refractivity contribution is -0.385. The molecule has 0 spiro atoms. The van der Waals surface area contributed by atoms with E-state index in [1.54, 1.807) is 12.1 Å². The largest absolute Gasteiger partial charge is 0.310 e. The molecule has 0 aliphatic heterocycles. The van der Waals surface area contributed by atoms with E-state index in [0.29, 0.717) is 23.2 Å². The van der Waals surface area contributed by atoms with Gasteiger partial charge >= 0.3 is 0 Å². The number of nitrogens with zero attached hydrogens (tertiary/aromatic N) is 1. The van der Waals surface area contributed by atoms with Gasteiger partial charge in [-0.15, -0.1) is 0 Å². The smallest absolute Gasteiger partial charge is 0.273 e. The molecule has 2 rings (SSSR count). The summed E-state index contributed by atoms with van der Waals surface area (Å²) in [4.78, 5) is 10.6. The van der Waals surface area contributed by atoms with Gasteiger partial charge in [-0.3, -0.25) is 10.1 Å². The summed E-state index contributed by atoms with van der Waals surface area (Å²) in [6, 6.07) is 5.18. The van der Waals surface area contributed by atoms with Crippen LogP contribution in [-0.2, 0) is 6.54 Å². The van der Waals surface area contributed by atoms with Crippen molar-refractivity contribution in [2.75, 3.05) is 0 Å². The summed E-state index contributed by atoms with van der Waals surface area (Å²) in [5.41, 5.74) is 0.803. The van der Waals surface area contributed by atoms with Gasteiger partial charge < -0.3 is 5.32 Å². The highest BCUT2D eigenvalue weighted by molar-refractivity contribution is 6.30. The number of benzene rings is 1. The van der Waals surface area contributed by atoms with Crippen LogP contribution in [0.3, 0.4) is 0 Å². The Labute approximate surface area is 118 Å². The third-order valence-corrected chi connectivity index (χ3v) is 4.07. The molecule has 0 saturated heterocycles. The zero-order chi connectivity index (χ0) is 13.8. The highest BCUT2D eigenvalue weighted by atomic mass is 35.5. The van der Waals surface area contributed by atoms with E-state index < -0.39 is 0 Å². The molecule has 0 heterocycles. The maximum atomic E-state index is 11.0. The van der Waals surface area contributed by atoms with Gasteiger partial charge in [-0.25, -0.2) is 0 Å². The average Bonchev–Trinajstić information content (AvgIpc) is 2.38. The molecule has 0 aromatic heterocycles. The molecule has 0 unspecified atom stereocenters. The van der Waals surface area contributed by atoms with Crippen LogP contribution in [0.1, 0.15) is 38.2 Å². The summed E-state index contributed by atoms with van der Waals surface area (Å²) in [7, 11) is 0. The Morgan fingerprint density at radius 1 is 1.37 bits per heavy atom. The maximum absolute atomic E-state index is 11.0. The third-order valence-electron chi connectivity index (χ3n) is 3.84. The van der Waals surface area contributed by atoms with E-state index >= 15 is 0 Å². The van der Waals surface area contributed by atoms with Gasteiger partial charge in [0.2, 0.25) is 0 Å². The second-order valence-electron chi connectivity index (χ2n) is 5.37. The van der Waals surface area contributed by atoms with E-state index in [9.17, 15) is 10.1 Å². The zero-order valence-corrected chi connectivity index (χ0v) is 11.8. The number of hydrogen-bond donors (Lipinski definition) is 1. The Bertz CT molecular complexity index is 457. The highest BCUT2D eigenvalue weighted by Crippen LogP contribution is 2.26. The number of nitrogens with one attached hydrogen (secondary N) is 1. The molecular formula is C14H19ClN2O2. The molecule has 104 valence electrons. The first kappa shape index (κ1) is 14.3. The Balaban J connectivity index is 1.98. The number of hydrogen-bond acceptors (Lipinski definition) is 3. The summed E-state index contributed by atoms with van der Waals surface area (Å²) in [5.74, 6) is 0.804. The average molecular weight is 283 g/mol. The molecule has 0 atom stereocenters. The first-order valence-electron chi connectivity index (χ1n) is 6.72. The monoisotopic (exact) mass is 282 g/mol. The Kier molecular flexibility index (Phi) is 4.77. The zero-order valence-electron chi connectivity index (χ0n) is 11.1. The molecule has 1 saturated carbocycles. The van der Waals surface area contributed by atoms with Crippen LogP contribution in [0.15, 0.2) is 18.2 Å². The number of halogens is 1. The van der Waals surface area contributed by atoms with E-state index in [1.807, 2.05) is 0 Å². The lowest BCUT2D eigenvalue weighted by atomic mass is 9.87. The van der Waals surface area contributed by atoms with E-state index in [1.165, 1.54) is 18.9 Å². The van der Waals surface area contributed by atoms with Crippen molar-refractivity contribution in [1.29, 1.82) is 0 Å².